The maximum atomic E-state index is 11.3. The average molecular weight is 289 g/mol. The number of benzene rings is 1. The van der Waals surface area contributed by atoms with Gasteiger partial charge in [-0.15, -0.1) is 0 Å². The molecule has 0 aliphatic carbocycles. The van der Waals surface area contributed by atoms with Crippen molar-refractivity contribution in [2.24, 2.45) is 4.99 Å². The molecule has 2 rings (SSSR count). The SMILES string of the molecule is CC(=NC(Cc1cnc[nH]1)C(=O)O)c1c(O)cccc1O. The van der Waals surface area contributed by atoms with E-state index in [1.54, 1.807) is 0 Å². The molecule has 1 heterocycles. The maximum absolute atomic E-state index is 11.3. The van der Waals surface area contributed by atoms with Gasteiger partial charge in [0.1, 0.15) is 11.5 Å². The number of aliphatic carboxylic acids is 1. The van der Waals surface area contributed by atoms with Crippen molar-refractivity contribution < 1.29 is 20.1 Å². The minimum atomic E-state index is -1.10. The van der Waals surface area contributed by atoms with Crippen LogP contribution in [-0.2, 0) is 11.2 Å². The molecular formula is C14H15N3O4. The summed E-state index contributed by atoms with van der Waals surface area (Å²) in [5, 5.41) is 28.8. The number of hydrogen-bond acceptors (Lipinski definition) is 5. The largest absolute Gasteiger partial charge is 0.507 e. The fraction of sp³-hybridized carbons (Fsp3) is 0.214. The second-order valence-corrected chi connectivity index (χ2v) is 4.52. The van der Waals surface area contributed by atoms with Crippen LogP contribution in [0.4, 0.5) is 0 Å². The Kier molecular flexibility index (Phi) is 4.22. The molecule has 0 bridgehead atoms. The highest BCUT2D eigenvalue weighted by atomic mass is 16.4. The number of aromatic hydroxyl groups is 2. The Bertz CT molecular complexity index is 645. The molecule has 0 radical (unpaired) electrons. The van der Waals surface area contributed by atoms with Gasteiger partial charge in [-0.2, -0.15) is 0 Å². The Balaban J connectivity index is 2.31. The van der Waals surface area contributed by atoms with Crippen LogP contribution in [0.3, 0.4) is 0 Å². The highest BCUT2D eigenvalue weighted by Gasteiger charge is 2.20. The normalized spacial score (nSPS) is 13.1. The number of aromatic nitrogens is 2. The Hall–Kier alpha value is -2.83. The van der Waals surface area contributed by atoms with E-state index in [1.165, 1.54) is 37.6 Å². The number of aromatic amines is 1. The molecule has 4 N–H and O–H groups in total. The molecule has 1 aromatic carbocycles. The summed E-state index contributed by atoms with van der Waals surface area (Å²) in [4.78, 5) is 22.0. The molecule has 0 saturated carbocycles. The molecule has 1 atom stereocenters. The zero-order valence-electron chi connectivity index (χ0n) is 11.3. The van der Waals surface area contributed by atoms with Gasteiger partial charge in [-0.25, -0.2) is 9.78 Å². The Morgan fingerprint density at radius 1 is 1.38 bits per heavy atom. The van der Waals surface area contributed by atoms with Crippen LogP contribution in [0.2, 0.25) is 0 Å². The van der Waals surface area contributed by atoms with Crippen LogP contribution in [0, 0.1) is 0 Å². The minimum absolute atomic E-state index is 0.133. The number of phenolic OH excluding ortho intramolecular Hbond substituents is 2. The summed E-state index contributed by atoms with van der Waals surface area (Å²) < 4.78 is 0. The summed E-state index contributed by atoms with van der Waals surface area (Å²) in [6, 6.07) is 3.25. The van der Waals surface area contributed by atoms with Crippen molar-refractivity contribution in [3.05, 3.63) is 42.0 Å². The molecule has 0 aliphatic heterocycles. The quantitative estimate of drug-likeness (QED) is 0.619. The van der Waals surface area contributed by atoms with Crippen LogP contribution in [0.5, 0.6) is 11.5 Å². The van der Waals surface area contributed by atoms with Gasteiger partial charge in [0.25, 0.3) is 0 Å². The first-order valence-corrected chi connectivity index (χ1v) is 6.24. The summed E-state index contributed by atoms with van der Waals surface area (Å²) in [6.45, 7) is 1.54. The van der Waals surface area contributed by atoms with Crippen molar-refractivity contribution in [3.63, 3.8) is 0 Å². The van der Waals surface area contributed by atoms with Gasteiger partial charge in [0, 0.05) is 24.0 Å². The van der Waals surface area contributed by atoms with Gasteiger partial charge in [-0.3, -0.25) is 4.99 Å². The zero-order valence-corrected chi connectivity index (χ0v) is 11.3. The standard InChI is InChI=1S/C14H15N3O4/c1-8(13-11(18)3-2-4-12(13)19)17-10(14(20)21)5-9-6-15-7-16-9/h2-4,6-7,10,18-19H,5H2,1H3,(H,15,16)(H,20,21). The molecule has 7 nitrogen and oxygen atoms in total. The van der Waals surface area contributed by atoms with E-state index in [-0.39, 0.29) is 29.2 Å². The average Bonchev–Trinajstić information content (AvgIpc) is 2.90. The molecule has 1 aromatic heterocycles. The molecule has 2 aromatic rings. The second-order valence-electron chi connectivity index (χ2n) is 4.52. The van der Waals surface area contributed by atoms with Crippen LogP contribution in [0.15, 0.2) is 35.7 Å². The summed E-state index contributed by atoms with van der Waals surface area (Å²) in [7, 11) is 0. The van der Waals surface area contributed by atoms with Gasteiger partial charge in [0.2, 0.25) is 0 Å². The summed E-state index contributed by atoms with van der Waals surface area (Å²) in [6.07, 6.45) is 3.12. The Labute approximate surface area is 120 Å². The fourth-order valence-electron chi connectivity index (χ4n) is 1.99. The van der Waals surface area contributed by atoms with Crippen molar-refractivity contribution in [3.8, 4) is 11.5 Å². The van der Waals surface area contributed by atoms with Crippen molar-refractivity contribution in [2.45, 2.75) is 19.4 Å². The number of carbonyl (C=O) groups is 1. The van der Waals surface area contributed by atoms with Crippen LogP contribution in [0.1, 0.15) is 18.2 Å². The Morgan fingerprint density at radius 3 is 2.57 bits per heavy atom. The van der Waals surface area contributed by atoms with Gasteiger partial charge in [0.15, 0.2) is 6.04 Å². The number of rotatable bonds is 5. The maximum Gasteiger partial charge on any atom is 0.328 e. The summed E-state index contributed by atoms with van der Waals surface area (Å²) in [5.74, 6) is -1.40. The minimum Gasteiger partial charge on any atom is -0.507 e. The predicted octanol–water partition coefficient (Wildman–Crippen LogP) is 1.33. The van der Waals surface area contributed by atoms with E-state index in [1.807, 2.05) is 0 Å². The van der Waals surface area contributed by atoms with Crippen LogP contribution >= 0.6 is 0 Å². The van der Waals surface area contributed by atoms with E-state index in [0.717, 1.165) is 0 Å². The topological polar surface area (TPSA) is 119 Å². The lowest BCUT2D eigenvalue weighted by molar-refractivity contribution is -0.138. The molecule has 110 valence electrons. The number of aliphatic imine (C=N–C) groups is 1. The van der Waals surface area contributed by atoms with E-state index in [4.69, 9.17) is 0 Å². The molecule has 1 unspecified atom stereocenters. The lowest BCUT2D eigenvalue weighted by atomic mass is 10.1. The predicted molar refractivity (Wildman–Crippen MR) is 75.7 cm³/mol. The Morgan fingerprint density at radius 2 is 2.05 bits per heavy atom. The van der Waals surface area contributed by atoms with E-state index >= 15 is 0 Å². The molecular weight excluding hydrogens is 274 g/mol. The second kappa shape index (κ2) is 6.08. The van der Waals surface area contributed by atoms with Gasteiger partial charge >= 0.3 is 5.97 Å². The number of carboxylic acid groups (broad SMARTS) is 1. The molecule has 0 aliphatic rings. The first-order chi connectivity index (χ1) is 9.99. The third-order valence-electron chi connectivity index (χ3n) is 2.98. The van der Waals surface area contributed by atoms with Crippen molar-refractivity contribution in [1.29, 1.82) is 0 Å². The van der Waals surface area contributed by atoms with Gasteiger partial charge < -0.3 is 20.3 Å². The van der Waals surface area contributed by atoms with Gasteiger partial charge in [-0.1, -0.05) is 6.07 Å². The molecule has 0 amide bonds. The number of nitrogens with one attached hydrogen (secondary N) is 1. The van der Waals surface area contributed by atoms with Gasteiger partial charge in [0.05, 0.1) is 11.9 Å². The third-order valence-corrected chi connectivity index (χ3v) is 2.98. The third kappa shape index (κ3) is 3.38. The van der Waals surface area contributed by atoms with E-state index in [0.29, 0.717) is 5.69 Å². The highest BCUT2D eigenvalue weighted by Crippen LogP contribution is 2.27. The number of nitrogens with zero attached hydrogens (tertiary/aromatic N) is 2. The van der Waals surface area contributed by atoms with E-state index < -0.39 is 12.0 Å². The summed E-state index contributed by atoms with van der Waals surface area (Å²) >= 11 is 0. The van der Waals surface area contributed by atoms with E-state index in [9.17, 15) is 20.1 Å². The van der Waals surface area contributed by atoms with Crippen molar-refractivity contribution in [2.75, 3.05) is 0 Å². The molecule has 0 saturated heterocycles. The fourth-order valence-corrected chi connectivity index (χ4v) is 1.99. The molecule has 21 heavy (non-hydrogen) atoms. The lowest BCUT2D eigenvalue weighted by Crippen LogP contribution is -2.22. The van der Waals surface area contributed by atoms with Crippen LogP contribution in [0.25, 0.3) is 0 Å². The number of carboxylic acids is 1. The molecule has 0 spiro atoms. The number of hydrogen-bond donors (Lipinski definition) is 4. The highest BCUT2D eigenvalue weighted by molar-refractivity contribution is 6.04. The zero-order chi connectivity index (χ0) is 15.4. The number of H-pyrrole nitrogens is 1. The van der Waals surface area contributed by atoms with Crippen molar-refractivity contribution in [1.82, 2.24) is 9.97 Å². The molecule has 0 fully saturated rings. The number of phenols is 2. The van der Waals surface area contributed by atoms with Crippen LogP contribution in [-0.4, -0.2) is 43.0 Å². The van der Waals surface area contributed by atoms with E-state index in [2.05, 4.69) is 15.0 Å². The molecule has 7 heteroatoms. The first-order valence-electron chi connectivity index (χ1n) is 6.24. The summed E-state index contributed by atoms with van der Waals surface area (Å²) in [5.41, 5.74) is 1.02. The van der Waals surface area contributed by atoms with Crippen molar-refractivity contribution >= 4 is 11.7 Å². The number of imidazole rings is 1. The lowest BCUT2D eigenvalue weighted by Gasteiger charge is -2.11. The smallest absolute Gasteiger partial charge is 0.328 e. The monoisotopic (exact) mass is 289 g/mol. The first kappa shape index (κ1) is 14.6. The van der Waals surface area contributed by atoms with Crippen LogP contribution < -0.4 is 0 Å². The van der Waals surface area contributed by atoms with Gasteiger partial charge in [-0.05, 0) is 19.1 Å².